The topological polar surface area (TPSA) is 55.1 Å². The molecule has 1 N–H and O–H groups in total. The molecule has 0 fully saturated rings. The van der Waals surface area contributed by atoms with Gasteiger partial charge >= 0.3 is 5.97 Å². The molecule has 0 spiro atoms. The normalized spacial score (nSPS) is 15.5. The van der Waals surface area contributed by atoms with Crippen LogP contribution in [0.15, 0.2) is 24.3 Å². The summed E-state index contributed by atoms with van der Waals surface area (Å²) < 4.78 is 14.9. The Morgan fingerprint density at radius 1 is 1.29 bits per heavy atom. The first kappa shape index (κ1) is 13.8. The maximum atomic E-state index is 13.1. The lowest BCUT2D eigenvalue weighted by atomic mass is 9.92. The van der Waals surface area contributed by atoms with E-state index in [1.165, 1.54) is 12.1 Å². The van der Waals surface area contributed by atoms with Crippen molar-refractivity contribution in [2.24, 2.45) is 0 Å². The van der Waals surface area contributed by atoms with Crippen LogP contribution >= 0.6 is 0 Å². The van der Waals surface area contributed by atoms with Crippen molar-refractivity contribution in [3.8, 4) is 5.69 Å². The van der Waals surface area contributed by atoms with E-state index < -0.39 is 11.9 Å². The molecule has 1 aromatic heterocycles. The van der Waals surface area contributed by atoms with Crippen molar-refractivity contribution in [3.05, 3.63) is 47.0 Å². The number of hydrogen-bond donors (Lipinski definition) is 1. The summed E-state index contributed by atoms with van der Waals surface area (Å²) in [6.07, 6.45) is 3.87. The van der Waals surface area contributed by atoms with Crippen molar-refractivity contribution in [1.29, 1.82) is 0 Å². The monoisotopic (exact) mass is 288 g/mol. The lowest BCUT2D eigenvalue weighted by molar-refractivity contribution is -0.138. The minimum atomic E-state index is -0.868. The van der Waals surface area contributed by atoms with Gasteiger partial charge < -0.3 is 5.11 Å². The van der Waals surface area contributed by atoms with Crippen LogP contribution < -0.4 is 0 Å². The fourth-order valence-electron chi connectivity index (χ4n) is 2.89. The van der Waals surface area contributed by atoms with Crippen LogP contribution in [0, 0.1) is 5.82 Å². The van der Waals surface area contributed by atoms with Crippen LogP contribution in [-0.4, -0.2) is 20.9 Å². The molecule has 5 heteroatoms. The van der Waals surface area contributed by atoms with E-state index in [-0.39, 0.29) is 5.82 Å². The molecule has 0 saturated carbocycles. The zero-order chi connectivity index (χ0) is 15.0. The van der Waals surface area contributed by atoms with Crippen LogP contribution in [-0.2, 0) is 17.6 Å². The fraction of sp³-hybridized carbons (Fsp3) is 0.375. The van der Waals surface area contributed by atoms with E-state index in [2.05, 4.69) is 5.10 Å². The number of benzene rings is 1. The second kappa shape index (κ2) is 5.31. The van der Waals surface area contributed by atoms with Gasteiger partial charge in [-0.25, -0.2) is 9.07 Å². The van der Waals surface area contributed by atoms with E-state index >= 15 is 0 Å². The maximum absolute atomic E-state index is 13.1. The molecule has 0 bridgehead atoms. The largest absolute Gasteiger partial charge is 0.481 e. The first-order valence-electron chi connectivity index (χ1n) is 7.17. The minimum absolute atomic E-state index is 0.293. The molecule has 0 aliphatic heterocycles. The summed E-state index contributed by atoms with van der Waals surface area (Å²) in [5, 5.41) is 13.8. The number of carbonyl (C=O) groups is 1. The van der Waals surface area contributed by atoms with Gasteiger partial charge in [0, 0.05) is 5.69 Å². The smallest absolute Gasteiger partial charge is 0.312 e. The van der Waals surface area contributed by atoms with Gasteiger partial charge in [-0.2, -0.15) is 5.10 Å². The Balaban J connectivity index is 2.13. The minimum Gasteiger partial charge on any atom is -0.481 e. The summed E-state index contributed by atoms with van der Waals surface area (Å²) in [6, 6.07) is 6.14. The lowest BCUT2D eigenvalue weighted by Crippen LogP contribution is -2.11. The molecule has 0 saturated heterocycles. The van der Waals surface area contributed by atoms with Crippen LogP contribution in [0.5, 0.6) is 0 Å². The molecule has 4 nitrogen and oxygen atoms in total. The van der Waals surface area contributed by atoms with E-state index in [0.29, 0.717) is 5.69 Å². The zero-order valence-corrected chi connectivity index (χ0v) is 11.8. The maximum Gasteiger partial charge on any atom is 0.312 e. The average molecular weight is 288 g/mol. The molecule has 1 aromatic carbocycles. The number of aliphatic carboxylic acids is 1. The molecule has 3 rings (SSSR count). The van der Waals surface area contributed by atoms with E-state index in [4.69, 9.17) is 0 Å². The Hall–Kier alpha value is -2.17. The Morgan fingerprint density at radius 3 is 2.62 bits per heavy atom. The first-order valence-corrected chi connectivity index (χ1v) is 7.17. The van der Waals surface area contributed by atoms with Crippen LogP contribution in [0.1, 0.15) is 42.6 Å². The Kier molecular flexibility index (Phi) is 3.49. The van der Waals surface area contributed by atoms with Crippen molar-refractivity contribution in [2.45, 2.75) is 38.5 Å². The van der Waals surface area contributed by atoms with Gasteiger partial charge in [0.15, 0.2) is 0 Å². The van der Waals surface area contributed by atoms with Gasteiger partial charge in [-0.1, -0.05) is 0 Å². The summed E-state index contributed by atoms with van der Waals surface area (Å²) in [4.78, 5) is 11.3. The zero-order valence-electron chi connectivity index (χ0n) is 11.8. The standard InChI is InChI=1S/C16H17FN2O2/c1-10(16(20)21)15-13-4-2-3-5-14(13)19(18-15)12-8-6-11(17)7-9-12/h6-10H,2-5H2,1H3,(H,20,21). The second-order valence-electron chi connectivity index (χ2n) is 5.47. The van der Waals surface area contributed by atoms with Crippen molar-refractivity contribution >= 4 is 5.97 Å². The fourth-order valence-corrected chi connectivity index (χ4v) is 2.89. The predicted octanol–water partition coefficient (Wildman–Crippen LogP) is 3.08. The Morgan fingerprint density at radius 2 is 1.95 bits per heavy atom. The highest BCUT2D eigenvalue weighted by atomic mass is 19.1. The third kappa shape index (κ3) is 2.44. The third-order valence-corrected chi connectivity index (χ3v) is 4.06. The number of hydrogen-bond acceptors (Lipinski definition) is 2. The summed E-state index contributed by atoms with van der Waals surface area (Å²) in [5.41, 5.74) is 3.54. The van der Waals surface area contributed by atoms with Gasteiger partial charge in [0.1, 0.15) is 5.82 Å². The molecule has 21 heavy (non-hydrogen) atoms. The van der Waals surface area contributed by atoms with Crippen molar-refractivity contribution in [1.82, 2.24) is 9.78 Å². The summed E-state index contributed by atoms with van der Waals surface area (Å²) >= 11 is 0. The number of rotatable bonds is 3. The third-order valence-electron chi connectivity index (χ3n) is 4.06. The molecule has 2 aromatic rings. The Bertz CT molecular complexity index is 676. The van der Waals surface area contributed by atoms with Gasteiger partial charge in [-0.05, 0) is 62.4 Å². The molecule has 1 unspecified atom stereocenters. The molecular weight excluding hydrogens is 271 g/mol. The molecule has 0 radical (unpaired) electrons. The molecule has 1 aliphatic carbocycles. The van der Waals surface area contributed by atoms with E-state index in [0.717, 1.165) is 42.6 Å². The molecule has 1 atom stereocenters. The van der Waals surface area contributed by atoms with Crippen LogP contribution in [0.2, 0.25) is 0 Å². The first-order chi connectivity index (χ1) is 10.1. The number of fused-ring (bicyclic) bond motifs is 1. The number of carboxylic acid groups (broad SMARTS) is 1. The number of carboxylic acids is 1. The number of nitrogens with zero attached hydrogens (tertiary/aromatic N) is 2. The highest BCUT2D eigenvalue weighted by Gasteiger charge is 2.27. The van der Waals surface area contributed by atoms with E-state index in [9.17, 15) is 14.3 Å². The summed E-state index contributed by atoms with van der Waals surface area (Å²) in [6.45, 7) is 1.66. The van der Waals surface area contributed by atoms with Crippen LogP contribution in [0.25, 0.3) is 5.69 Å². The number of halogens is 1. The molecule has 110 valence electrons. The molecule has 1 aliphatic rings. The van der Waals surface area contributed by atoms with Gasteiger partial charge in [0.05, 0.1) is 17.3 Å². The van der Waals surface area contributed by atoms with Crippen LogP contribution in [0.3, 0.4) is 0 Å². The van der Waals surface area contributed by atoms with Gasteiger partial charge in [0.2, 0.25) is 0 Å². The van der Waals surface area contributed by atoms with Crippen molar-refractivity contribution in [2.75, 3.05) is 0 Å². The highest BCUT2D eigenvalue weighted by molar-refractivity contribution is 5.75. The van der Waals surface area contributed by atoms with Crippen molar-refractivity contribution in [3.63, 3.8) is 0 Å². The quantitative estimate of drug-likeness (QED) is 0.944. The van der Waals surface area contributed by atoms with Gasteiger partial charge in [-0.15, -0.1) is 0 Å². The Labute approximate surface area is 122 Å². The molecular formula is C16H17FN2O2. The van der Waals surface area contributed by atoms with Crippen molar-refractivity contribution < 1.29 is 14.3 Å². The summed E-state index contributed by atoms with van der Waals surface area (Å²) in [5.74, 6) is -1.79. The molecule has 1 heterocycles. The van der Waals surface area contributed by atoms with Crippen LogP contribution in [0.4, 0.5) is 4.39 Å². The predicted molar refractivity (Wildman–Crippen MR) is 76.2 cm³/mol. The lowest BCUT2D eigenvalue weighted by Gasteiger charge is -2.14. The second-order valence-corrected chi connectivity index (χ2v) is 5.47. The van der Waals surface area contributed by atoms with E-state index in [1.54, 1.807) is 23.7 Å². The van der Waals surface area contributed by atoms with Gasteiger partial charge in [-0.3, -0.25) is 4.79 Å². The summed E-state index contributed by atoms with van der Waals surface area (Å²) in [7, 11) is 0. The highest BCUT2D eigenvalue weighted by Crippen LogP contribution is 2.30. The van der Waals surface area contributed by atoms with E-state index in [1.807, 2.05) is 0 Å². The number of aromatic nitrogens is 2. The SMILES string of the molecule is CC(C(=O)O)c1nn(-c2ccc(F)cc2)c2c1CCCC2. The average Bonchev–Trinajstić information content (AvgIpc) is 2.87. The molecule has 0 amide bonds. The van der Waals surface area contributed by atoms with Gasteiger partial charge in [0.25, 0.3) is 0 Å².